The number of aromatic hydroxyl groups is 1. The van der Waals surface area contributed by atoms with Crippen LogP contribution in [0.25, 0.3) is 0 Å². The van der Waals surface area contributed by atoms with Crippen molar-refractivity contribution in [1.29, 1.82) is 0 Å². The van der Waals surface area contributed by atoms with E-state index in [4.69, 9.17) is 14.6 Å². The number of hydrogen-bond donors (Lipinski definition) is 1. The number of phenols is 1. The third kappa shape index (κ3) is 4.07. The van der Waals surface area contributed by atoms with Gasteiger partial charge in [0.15, 0.2) is 6.10 Å². The molecule has 1 rings (SSSR count). The summed E-state index contributed by atoms with van der Waals surface area (Å²) in [5, 5.41) is 9.16. The smallest absolute Gasteiger partial charge is 0.334 e. The molecule has 0 amide bonds. The van der Waals surface area contributed by atoms with Crippen LogP contribution in [0.1, 0.15) is 32.4 Å². The van der Waals surface area contributed by atoms with E-state index < -0.39 is 6.10 Å². The molecule has 0 bridgehead atoms. The molecular formula is C13H18O4. The minimum Gasteiger partial charge on any atom is -0.508 e. The summed E-state index contributed by atoms with van der Waals surface area (Å²) in [4.78, 5) is 11.4. The fourth-order valence-electron chi connectivity index (χ4n) is 1.45. The monoisotopic (exact) mass is 238 g/mol. The van der Waals surface area contributed by atoms with Gasteiger partial charge < -0.3 is 14.6 Å². The quantitative estimate of drug-likeness (QED) is 0.800. The van der Waals surface area contributed by atoms with E-state index in [0.29, 0.717) is 6.61 Å². The molecule has 1 aromatic rings. The Balaban J connectivity index is 2.56. The average molecular weight is 238 g/mol. The van der Waals surface area contributed by atoms with Gasteiger partial charge in [-0.2, -0.15) is 0 Å². The van der Waals surface area contributed by atoms with E-state index in [9.17, 15) is 4.79 Å². The summed E-state index contributed by atoms with van der Waals surface area (Å²) in [5.41, 5.74) is 0.902. The fourth-order valence-corrected chi connectivity index (χ4v) is 1.45. The Bertz CT molecular complexity index is 358. The molecule has 0 spiro atoms. The number of phenolic OH excluding ortho intramolecular Hbond substituents is 1. The van der Waals surface area contributed by atoms with Crippen LogP contribution in [0.5, 0.6) is 5.75 Å². The number of benzene rings is 1. The van der Waals surface area contributed by atoms with Crippen molar-refractivity contribution < 1.29 is 19.4 Å². The Morgan fingerprint density at radius 2 is 1.88 bits per heavy atom. The van der Waals surface area contributed by atoms with Crippen LogP contribution in [0.4, 0.5) is 0 Å². The van der Waals surface area contributed by atoms with Crippen LogP contribution in [0.3, 0.4) is 0 Å². The zero-order chi connectivity index (χ0) is 12.8. The van der Waals surface area contributed by atoms with Crippen LogP contribution in [0.15, 0.2) is 24.3 Å². The lowest BCUT2D eigenvalue weighted by molar-refractivity contribution is -0.158. The predicted octanol–water partition coefficient (Wildman–Crippen LogP) is 2.42. The topological polar surface area (TPSA) is 55.8 Å². The van der Waals surface area contributed by atoms with Gasteiger partial charge in [0, 0.05) is 0 Å². The number of carbonyl (C=O) groups excluding carboxylic acids is 1. The maximum absolute atomic E-state index is 11.4. The molecule has 4 nitrogen and oxygen atoms in total. The first-order valence-electron chi connectivity index (χ1n) is 5.65. The first-order chi connectivity index (χ1) is 8.04. The molecule has 1 N–H and O–H groups in total. The van der Waals surface area contributed by atoms with Crippen molar-refractivity contribution in [3.8, 4) is 5.75 Å². The zero-order valence-corrected chi connectivity index (χ0v) is 10.3. The van der Waals surface area contributed by atoms with E-state index >= 15 is 0 Å². The first-order valence-corrected chi connectivity index (χ1v) is 5.65. The van der Waals surface area contributed by atoms with E-state index in [0.717, 1.165) is 5.56 Å². The Kier molecular flexibility index (Phi) is 4.97. The van der Waals surface area contributed by atoms with E-state index in [-0.39, 0.29) is 17.8 Å². The molecule has 0 unspecified atom stereocenters. The van der Waals surface area contributed by atoms with Gasteiger partial charge >= 0.3 is 5.97 Å². The predicted molar refractivity (Wildman–Crippen MR) is 63.7 cm³/mol. The molecule has 0 fully saturated rings. The number of carbonyl (C=O) groups is 1. The maximum Gasteiger partial charge on any atom is 0.334 e. The summed E-state index contributed by atoms with van der Waals surface area (Å²) >= 11 is 0. The summed E-state index contributed by atoms with van der Waals surface area (Å²) in [5.74, 6) is -0.155. The second kappa shape index (κ2) is 6.25. The molecular weight excluding hydrogens is 220 g/mol. The fraction of sp³-hybridized carbons (Fsp3) is 0.462. The Hall–Kier alpha value is -1.55. The molecule has 1 aromatic carbocycles. The van der Waals surface area contributed by atoms with E-state index in [2.05, 4.69) is 0 Å². The van der Waals surface area contributed by atoms with Gasteiger partial charge in [-0.05, 0) is 38.5 Å². The molecule has 0 aliphatic heterocycles. The first kappa shape index (κ1) is 13.5. The Labute approximate surface area is 101 Å². The van der Waals surface area contributed by atoms with Crippen LogP contribution in [-0.2, 0) is 14.3 Å². The molecule has 4 heteroatoms. The van der Waals surface area contributed by atoms with Crippen molar-refractivity contribution in [3.05, 3.63) is 29.8 Å². The van der Waals surface area contributed by atoms with E-state index in [1.807, 2.05) is 6.92 Å². The molecule has 0 heterocycles. The van der Waals surface area contributed by atoms with Crippen molar-refractivity contribution in [2.24, 2.45) is 0 Å². The molecule has 0 aliphatic carbocycles. The summed E-state index contributed by atoms with van der Waals surface area (Å²) in [7, 11) is 0. The molecule has 0 saturated heterocycles. The number of ether oxygens (including phenoxy) is 2. The van der Waals surface area contributed by atoms with Gasteiger partial charge in [-0.1, -0.05) is 12.1 Å². The normalized spacial score (nSPS) is 14.1. The highest BCUT2D eigenvalue weighted by Crippen LogP contribution is 2.21. The lowest BCUT2D eigenvalue weighted by atomic mass is 10.1. The van der Waals surface area contributed by atoms with Gasteiger partial charge in [0.25, 0.3) is 0 Å². The van der Waals surface area contributed by atoms with Crippen LogP contribution >= 0.6 is 0 Å². The van der Waals surface area contributed by atoms with Gasteiger partial charge in [0.05, 0.1) is 12.7 Å². The van der Waals surface area contributed by atoms with Crippen LogP contribution < -0.4 is 0 Å². The zero-order valence-electron chi connectivity index (χ0n) is 10.3. The third-order valence-electron chi connectivity index (χ3n) is 2.39. The van der Waals surface area contributed by atoms with Gasteiger partial charge in [-0.15, -0.1) is 0 Å². The minimum atomic E-state index is -0.598. The van der Waals surface area contributed by atoms with E-state index in [1.165, 1.54) is 0 Å². The number of esters is 1. The van der Waals surface area contributed by atoms with Gasteiger partial charge in [0.1, 0.15) is 5.75 Å². The average Bonchev–Trinajstić information content (AvgIpc) is 2.30. The molecule has 0 saturated carbocycles. The van der Waals surface area contributed by atoms with Crippen LogP contribution in [-0.4, -0.2) is 23.8 Å². The van der Waals surface area contributed by atoms with Gasteiger partial charge in [-0.3, -0.25) is 0 Å². The number of hydrogen-bond acceptors (Lipinski definition) is 4. The van der Waals surface area contributed by atoms with E-state index in [1.54, 1.807) is 38.1 Å². The molecule has 0 aliphatic rings. The van der Waals surface area contributed by atoms with Gasteiger partial charge in [0.2, 0.25) is 0 Å². The molecule has 17 heavy (non-hydrogen) atoms. The molecule has 94 valence electrons. The molecule has 0 aromatic heterocycles. The van der Waals surface area contributed by atoms with Crippen molar-refractivity contribution >= 4 is 5.97 Å². The third-order valence-corrected chi connectivity index (χ3v) is 2.39. The summed E-state index contributed by atoms with van der Waals surface area (Å²) in [6.07, 6.45) is -0.825. The van der Waals surface area contributed by atoms with Crippen molar-refractivity contribution in [2.75, 3.05) is 6.61 Å². The SMILES string of the molecule is CCOC(=O)[C@H](C)O[C@H](C)c1ccc(O)cc1. The molecule has 2 atom stereocenters. The summed E-state index contributed by atoms with van der Waals surface area (Å²) in [6, 6.07) is 6.70. The van der Waals surface area contributed by atoms with Crippen molar-refractivity contribution in [2.45, 2.75) is 33.0 Å². The Morgan fingerprint density at radius 1 is 1.29 bits per heavy atom. The van der Waals surface area contributed by atoms with Crippen LogP contribution in [0.2, 0.25) is 0 Å². The largest absolute Gasteiger partial charge is 0.508 e. The lowest BCUT2D eigenvalue weighted by Crippen LogP contribution is -2.24. The standard InChI is InChI=1S/C13H18O4/c1-4-16-13(15)10(3)17-9(2)11-5-7-12(14)8-6-11/h5-10,14H,4H2,1-3H3/t9-,10+/m1/s1. The van der Waals surface area contributed by atoms with Crippen LogP contribution in [0, 0.1) is 0 Å². The highest BCUT2D eigenvalue weighted by molar-refractivity contribution is 5.74. The van der Waals surface area contributed by atoms with Crippen molar-refractivity contribution in [1.82, 2.24) is 0 Å². The minimum absolute atomic E-state index is 0.208. The highest BCUT2D eigenvalue weighted by atomic mass is 16.6. The summed E-state index contributed by atoms with van der Waals surface area (Å²) < 4.78 is 10.4. The highest BCUT2D eigenvalue weighted by Gasteiger charge is 2.18. The molecule has 0 radical (unpaired) electrons. The second-order valence-corrected chi connectivity index (χ2v) is 3.76. The summed E-state index contributed by atoms with van der Waals surface area (Å²) in [6.45, 7) is 5.62. The lowest BCUT2D eigenvalue weighted by Gasteiger charge is -2.18. The second-order valence-electron chi connectivity index (χ2n) is 3.76. The van der Waals surface area contributed by atoms with Crippen molar-refractivity contribution in [3.63, 3.8) is 0 Å². The Morgan fingerprint density at radius 3 is 2.41 bits per heavy atom. The maximum atomic E-state index is 11.4. The van der Waals surface area contributed by atoms with Gasteiger partial charge in [-0.25, -0.2) is 4.79 Å². The number of rotatable bonds is 5.